The van der Waals surface area contributed by atoms with Gasteiger partial charge < -0.3 is 24.3 Å². The van der Waals surface area contributed by atoms with Crippen LogP contribution in [0.25, 0.3) is 32.7 Å². The molecular weight excluding hydrogens is 665 g/mol. The van der Waals surface area contributed by atoms with Gasteiger partial charge in [-0.3, -0.25) is 9.32 Å². The Balaban J connectivity index is 1.40. The largest absolute Gasteiger partial charge is 0.459 e. The van der Waals surface area contributed by atoms with Gasteiger partial charge in [-0.15, -0.1) is 0 Å². The molecule has 3 N–H and O–H groups in total. The number of hydrogen-bond donors (Lipinski definition) is 2. The molecular formula is C39H44N5O6P. The summed E-state index contributed by atoms with van der Waals surface area (Å²) in [5.41, 5.74) is 8.48. The first kappa shape index (κ1) is 36.0. The molecule has 266 valence electrons. The summed E-state index contributed by atoms with van der Waals surface area (Å²) in [6.45, 7) is 9.97. The van der Waals surface area contributed by atoms with E-state index in [9.17, 15) is 4.79 Å². The van der Waals surface area contributed by atoms with Gasteiger partial charge in [0.1, 0.15) is 35.3 Å². The second-order valence-corrected chi connectivity index (χ2v) is 15.0. The third kappa shape index (κ3) is 8.57. The zero-order valence-corrected chi connectivity index (χ0v) is 30.4. The Morgan fingerprint density at radius 1 is 0.922 bits per heavy atom. The van der Waals surface area contributed by atoms with Crippen molar-refractivity contribution in [1.29, 1.82) is 0 Å². The maximum Gasteiger partial charge on any atom is 0.459 e. The molecule has 0 fully saturated rings. The van der Waals surface area contributed by atoms with Crippen molar-refractivity contribution in [2.75, 3.05) is 12.3 Å². The molecule has 3 atom stereocenters. The number of hydrogen-bond acceptors (Lipinski definition) is 9. The number of para-hydroxylation sites is 1. The molecule has 0 amide bonds. The van der Waals surface area contributed by atoms with Crippen LogP contribution in [0.1, 0.15) is 46.0 Å². The number of ether oxygens (including phenoxy) is 2. The monoisotopic (exact) mass is 709 g/mol. The number of carbonyl (C=O) groups excluding carboxylic acids is 1. The van der Waals surface area contributed by atoms with E-state index in [2.05, 4.69) is 10.1 Å². The molecule has 6 rings (SSSR count). The molecule has 4 aromatic carbocycles. The number of anilines is 1. The van der Waals surface area contributed by atoms with Gasteiger partial charge in [0.2, 0.25) is 0 Å². The van der Waals surface area contributed by atoms with Crippen molar-refractivity contribution in [2.24, 2.45) is 0 Å². The molecule has 0 bridgehead atoms. The molecule has 12 heteroatoms. The Kier molecular flexibility index (Phi) is 10.7. The standard InChI is InChI=1S/C39H44N5O6P/c1-6-47-25-34-42-35-36(30-20-12-13-21-31(30)41-37(35)40)44(34)24-26(2)49-51(46,50-33-22-14-18-28-17-10-11-19-29(28)33)43-32(38(45)48-39(3,4)5)23-27-15-8-7-9-16-27/h7-22,26,32H,6,23-25H2,1-5H3,(H2,40,41)(H,43,46)/t26-,32+,51+/m1/s1. The number of pyridine rings is 1. The van der Waals surface area contributed by atoms with Gasteiger partial charge in [0.15, 0.2) is 5.82 Å². The van der Waals surface area contributed by atoms with Crippen LogP contribution < -0.4 is 15.3 Å². The van der Waals surface area contributed by atoms with E-state index in [0.717, 1.165) is 27.2 Å². The maximum atomic E-state index is 15.2. The van der Waals surface area contributed by atoms with Crippen LogP contribution in [0, 0.1) is 0 Å². The van der Waals surface area contributed by atoms with Gasteiger partial charge in [-0.1, -0.05) is 84.9 Å². The van der Waals surface area contributed by atoms with E-state index in [1.807, 2.05) is 102 Å². The Hall–Kier alpha value is -4.80. The van der Waals surface area contributed by atoms with E-state index in [1.54, 1.807) is 33.8 Å². The van der Waals surface area contributed by atoms with Gasteiger partial charge >= 0.3 is 13.7 Å². The van der Waals surface area contributed by atoms with E-state index in [1.165, 1.54) is 0 Å². The van der Waals surface area contributed by atoms with Crippen LogP contribution in [0.2, 0.25) is 0 Å². The minimum absolute atomic E-state index is 0.180. The Morgan fingerprint density at radius 2 is 1.61 bits per heavy atom. The van der Waals surface area contributed by atoms with Gasteiger partial charge in [-0.2, -0.15) is 5.09 Å². The van der Waals surface area contributed by atoms with Gasteiger partial charge in [-0.25, -0.2) is 14.5 Å². The average Bonchev–Trinajstić information content (AvgIpc) is 3.45. The smallest absolute Gasteiger partial charge is 0.459 e. The van der Waals surface area contributed by atoms with E-state index >= 15 is 4.57 Å². The fourth-order valence-corrected chi connectivity index (χ4v) is 7.70. The first-order valence-corrected chi connectivity index (χ1v) is 18.6. The number of imidazole rings is 1. The van der Waals surface area contributed by atoms with E-state index < -0.39 is 31.5 Å². The summed E-state index contributed by atoms with van der Waals surface area (Å²) in [5, 5.41) is 5.49. The van der Waals surface area contributed by atoms with Crippen molar-refractivity contribution in [1.82, 2.24) is 19.6 Å². The summed E-state index contributed by atoms with van der Waals surface area (Å²) >= 11 is 0. The highest BCUT2D eigenvalue weighted by molar-refractivity contribution is 7.52. The molecule has 0 aliphatic heterocycles. The number of fused-ring (bicyclic) bond motifs is 4. The molecule has 0 radical (unpaired) electrons. The fraction of sp³-hybridized carbons (Fsp3) is 0.308. The SMILES string of the molecule is CCOCc1nc2c(N)nc3ccccc3c2n1C[C@@H](C)O[P@@](=O)(N[C@@H](Cc1ccccc1)C(=O)OC(C)(C)C)Oc1cccc2ccccc12. The van der Waals surface area contributed by atoms with Crippen molar-refractivity contribution in [3.63, 3.8) is 0 Å². The highest BCUT2D eigenvalue weighted by atomic mass is 31.2. The molecule has 2 aromatic heterocycles. The number of nitrogen functional groups attached to an aromatic ring is 1. The summed E-state index contributed by atoms with van der Waals surface area (Å²) in [6.07, 6.45) is -0.556. The van der Waals surface area contributed by atoms with Gasteiger partial charge in [0.05, 0.1) is 23.7 Å². The van der Waals surface area contributed by atoms with Crippen molar-refractivity contribution >= 4 is 52.2 Å². The number of nitrogens with zero attached hydrogens (tertiary/aromatic N) is 3. The van der Waals surface area contributed by atoms with Crippen LogP contribution in [0.5, 0.6) is 5.75 Å². The zero-order valence-electron chi connectivity index (χ0n) is 29.5. The fourth-order valence-electron chi connectivity index (χ4n) is 6.01. The minimum atomic E-state index is -4.34. The Morgan fingerprint density at radius 3 is 2.35 bits per heavy atom. The molecule has 0 saturated carbocycles. The average molecular weight is 710 g/mol. The molecule has 51 heavy (non-hydrogen) atoms. The van der Waals surface area contributed by atoms with Crippen LogP contribution in [0.3, 0.4) is 0 Å². The number of nitrogens with two attached hydrogens (primary N) is 1. The minimum Gasteiger partial charge on any atom is -0.459 e. The first-order chi connectivity index (χ1) is 24.4. The summed E-state index contributed by atoms with van der Waals surface area (Å²) in [5.74, 6) is 0.661. The normalized spacial score (nSPS) is 14.4. The van der Waals surface area contributed by atoms with Crippen molar-refractivity contribution in [2.45, 2.75) is 71.9 Å². The molecule has 0 unspecified atom stereocenters. The maximum absolute atomic E-state index is 15.2. The number of benzene rings is 4. The lowest BCUT2D eigenvalue weighted by atomic mass is 10.1. The number of nitrogens with one attached hydrogen (secondary N) is 1. The van der Waals surface area contributed by atoms with Gasteiger partial charge in [-0.05, 0) is 64.1 Å². The molecule has 2 heterocycles. The van der Waals surface area contributed by atoms with Crippen LogP contribution in [-0.4, -0.2) is 44.9 Å². The summed E-state index contributed by atoms with van der Waals surface area (Å²) in [6, 6.07) is 29.2. The van der Waals surface area contributed by atoms with E-state index in [-0.39, 0.29) is 19.6 Å². The number of rotatable bonds is 14. The van der Waals surface area contributed by atoms with Crippen LogP contribution >= 0.6 is 7.75 Å². The number of aromatic nitrogens is 3. The van der Waals surface area contributed by atoms with Crippen LogP contribution in [0.4, 0.5) is 5.82 Å². The van der Waals surface area contributed by atoms with Gasteiger partial charge in [0, 0.05) is 17.4 Å². The third-order valence-corrected chi connectivity index (χ3v) is 9.84. The van der Waals surface area contributed by atoms with E-state index in [4.69, 9.17) is 29.2 Å². The highest BCUT2D eigenvalue weighted by Gasteiger charge is 2.38. The number of esters is 1. The molecule has 0 aliphatic rings. The molecule has 6 aromatic rings. The summed E-state index contributed by atoms with van der Waals surface area (Å²) < 4.78 is 41.5. The summed E-state index contributed by atoms with van der Waals surface area (Å²) in [4.78, 5) is 23.1. The predicted octanol–water partition coefficient (Wildman–Crippen LogP) is 7.99. The number of carbonyl (C=O) groups is 1. The van der Waals surface area contributed by atoms with Crippen molar-refractivity contribution in [3.8, 4) is 5.75 Å². The molecule has 0 saturated heterocycles. The third-order valence-electron chi connectivity index (χ3n) is 8.14. The quantitative estimate of drug-likeness (QED) is 0.0845. The highest BCUT2D eigenvalue weighted by Crippen LogP contribution is 2.48. The Labute approximate surface area is 297 Å². The Bertz CT molecular complexity index is 2190. The second-order valence-electron chi connectivity index (χ2n) is 13.4. The lowest BCUT2D eigenvalue weighted by Gasteiger charge is -2.29. The lowest BCUT2D eigenvalue weighted by Crippen LogP contribution is -2.42. The van der Waals surface area contributed by atoms with Crippen molar-refractivity contribution < 1.29 is 27.9 Å². The topological polar surface area (TPSA) is 140 Å². The van der Waals surface area contributed by atoms with E-state index in [0.29, 0.717) is 35.0 Å². The second kappa shape index (κ2) is 15.2. The van der Waals surface area contributed by atoms with Crippen molar-refractivity contribution in [3.05, 3.63) is 108 Å². The zero-order chi connectivity index (χ0) is 36.2. The van der Waals surface area contributed by atoms with Gasteiger partial charge in [0.25, 0.3) is 0 Å². The lowest BCUT2D eigenvalue weighted by molar-refractivity contribution is -0.157. The first-order valence-electron chi connectivity index (χ1n) is 17.0. The molecule has 11 nitrogen and oxygen atoms in total. The summed E-state index contributed by atoms with van der Waals surface area (Å²) in [7, 11) is -4.34. The predicted molar refractivity (Wildman–Crippen MR) is 200 cm³/mol. The molecule has 0 spiro atoms. The molecule has 0 aliphatic carbocycles. The van der Waals surface area contributed by atoms with Crippen LogP contribution in [-0.2, 0) is 42.9 Å². The van der Waals surface area contributed by atoms with Crippen LogP contribution in [0.15, 0.2) is 97.1 Å².